The van der Waals surface area contributed by atoms with Gasteiger partial charge >= 0.3 is 11.9 Å². The molecule has 1 aliphatic heterocycles. The van der Waals surface area contributed by atoms with Crippen molar-refractivity contribution < 1.29 is 23.5 Å². The van der Waals surface area contributed by atoms with Crippen LogP contribution in [0.1, 0.15) is 19.3 Å². The smallest absolute Gasteiger partial charge is 0.367 e. The number of fused-ring (bicyclic) bond motifs is 1. The van der Waals surface area contributed by atoms with Crippen LogP contribution in [-0.2, 0) is 19.1 Å². The molecule has 15 heavy (non-hydrogen) atoms. The summed E-state index contributed by atoms with van der Waals surface area (Å²) >= 11 is 0. The van der Waals surface area contributed by atoms with Crippen LogP contribution < -0.4 is 0 Å². The molecule has 3 unspecified atom stereocenters. The highest BCUT2D eigenvalue weighted by Crippen LogP contribution is 2.38. The second-order valence-corrected chi connectivity index (χ2v) is 3.80. The minimum Gasteiger partial charge on any atom is -0.459 e. The van der Waals surface area contributed by atoms with Gasteiger partial charge in [-0.15, -0.1) is 0 Å². The Morgan fingerprint density at radius 1 is 1.53 bits per heavy atom. The van der Waals surface area contributed by atoms with Gasteiger partial charge in [-0.3, -0.25) is 0 Å². The molecule has 0 aromatic carbocycles. The molecule has 0 spiro atoms. The molecule has 1 saturated heterocycles. The molecular weight excluding hydrogens is 203 g/mol. The third kappa shape index (κ3) is 1.73. The first kappa shape index (κ1) is 10.1. The Kier molecular flexibility index (Phi) is 2.46. The average Bonchev–Trinajstić information content (AvgIpc) is 2.69. The Morgan fingerprint density at radius 2 is 2.27 bits per heavy atom. The van der Waals surface area contributed by atoms with Crippen LogP contribution in [0.5, 0.6) is 0 Å². The van der Waals surface area contributed by atoms with Crippen molar-refractivity contribution in [2.75, 3.05) is 0 Å². The van der Waals surface area contributed by atoms with Crippen LogP contribution in [0.25, 0.3) is 0 Å². The summed E-state index contributed by atoms with van der Waals surface area (Å²) < 4.78 is 22.1. The summed E-state index contributed by atoms with van der Waals surface area (Å²) in [5, 5.41) is 0. The number of hydrogen-bond acceptors (Lipinski definition) is 4. The molecule has 4 nitrogen and oxygen atoms in total. The zero-order valence-corrected chi connectivity index (χ0v) is 8.07. The third-order valence-electron chi connectivity index (χ3n) is 2.85. The molecule has 0 amide bonds. The molecule has 2 aliphatic rings. The molecule has 0 radical (unpaired) electrons. The Hall–Kier alpha value is -1.39. The molecule has 3 atom stereocenters. The molecule has 82 valence electrons. The lowest BCUT2D eigenvalue weighted by molar-refractivity contribution is -0.160. The number of rotatable bonds is 2. The largest absolute Gasteiger partial charge is 0.459 e. The van der Waals surface area contributed by atoms with Gasteiger partial charge in [0.25, 0.3) is 0 Å². The fourth-order valence-electron chi connectivity index (χ4n) is 2.15. The van der Waals surface area contributed by atoms with Gasteiger partial charge in [0.2, 0.25) is 11.9 Å². The summed E-state index contributed by atoms with van der Waals surface area (Å²) in [6.45, 7) is 2.81. The first-order valence-electron chi connectivity index (χ1n) is 4.85. The van der Waals surface area contributed by atoms with Crippen LogP contribution in [0.15, 0.2) is 12.4 Å². The Labute approximate surface area is 86.0 Å². The van der Waals surface area contributed by atoms with E-state index in [0.29, 0.717) is 0 Å². The van der Waals surface area contributed by atoms with Gasteiger partial charge in [0.15, 0.2) is 0 Å². The Balaban J connectivity index is 2.05. The topological polar surface area (TPSA) is 52.6 Å². The van der Waals surface area contributed by atoms with E-state index in [1.165, 1.54) is 0 Å². The van der Waals surface area contributed by atoms with Crippen molar-refractivity contribution in [1.29, 1.82) is 0 Å². The molecular formula is C10H11FO4. The summed E-state index contributed by atoms with van der Waals surface area (Å²) in [5.74, 6) is -3.05. The first-order valence-corrected chi connectivity index (χ1v) is 4.85. The molecule has 0 aromatic rings. The highest BCUT2D eigenvalue weighted by Gasteiger charge is 2.49. The molecule has 1 aliphatic carbocycles. The predicted octanol–water partition coefficient (Wildman–Crippen LogP) is 1.11. The molecule has 1 saturated carbocycles. The SMILES string of the molecule is C=C(F)C(=O)OC1C(=O)OC2CCCC21. The summed E-state index contributed by atoms with van der Waals surface area (Å²) in [4.78, 5) is 22.2. The van der Waals surface area contributed by atoms with Crippen molar-refractivity contribution >= 4 is 11.9 Å². The predicted molar refractivity (Wildman–Crippen MR) is 47.3 cm³/mol. The van der Waals surface area contributed by atoms with Crippen molar-refractivity contribution in [2.45, 2.75) is 31.5 Å². The number of carbonyl (C=O) groups is 2. The van der Waals surface area contributed by atoms with E-state index >= 15 is 0 Å². The Bertz CT molecular complexity index is 325. The lowest BCUT2D eigenvalue weighted by Gasteiger charge is -2.13. The van der Waals surface area contributed by atoms with Crippen molar-refractivity contribution in [3.63, 3.8) is 0 Å². The third-order valence-corrected chi connectivity index (χ3v) is 2.85. The van der Waals surface area contributed by atoms with E-state index in [1.54, 1.807) is 0 Å². The molecule has 2 rings (SSSR count). The maximum Gasteiger partial charge on any atom is 0.367 e. The average molecular weight is 214 g/mol. The summed E-state index contributed by atoms with van der Waals surface area (Å²) in [6, 6.07) is 0. The highest BCUT2D eigenvalue weighted by molar-refractivity contribution is 5.88. The van der Waals surface area contributed by atoms with Crippen LogP contribution in [0.3, 0.4) is 0 Å². The molecule has 0 N–H and O–H groups in total. The van der Waals surface area contributed by atoms with E-state index in [9.17, 15) is 14.0 Å². The minimum absolute atomic E-state index is 0.110. The normalized spacial score (nSPS) is 33.4. The number of halogens is 1. The zero-order chi connectivity index (χ0) is 11.0. The van der Waals surface area contributed by atoms with E-state index in [0.717, 1.165) is 19.3 Å². The van der Waals surface area contributed by atoms with E-state index in [-0.39, 0.29) is 12.0 Å². The van der Waals surface area contributed by atoms with Crippen LogP contribution in [-0.4, -0.2) is 24.1 Å². The second kappa shape index (κ2) is 3.64. The van der Waals surface area contributed by atoms with E-state index in [4.69, 9.17) is 9.47 Å². The van der Waals surface area contributed by atoms with E-state index in [1.807, 2.05) is 0 Å². The molecule has 5 heteroatoms. The van der Waals surface area contributed by atoms with Gasteiger partial charge in [-0.25, -0.2) is 9.59 Å². The number of esters is 2. The fraction of sp³-hybridized carbons (Fsp3) is 0.600. The minimum atomic E-state index is -1.19. The van der Waals surface area contributed by atoms with Crippen LogP contribution in [0, 0.1) is 5.92 Å². The van der Waals surface area contributed by atoms with Gasteiger partial charge in [-0.1, -0.05) is 6.58 Å². The monoisotopic (exact) mass is 214 g/mol. The van der Waals surface area contributed by atoms with Gasteiger partial charge in [0.05, 0.1) is 0 Å². The fourth-order valence-corrected chi connectivity index (χ4v) is 2.15. The van der Waals surface area contributed by atoms with E-state index in [2.05, 4.69) is 6.58 Å². The summed E-state index contributed by atoms with van der Waals surface area (Å²) in [6.07, 6.45) is 1.39. The standard InChI is InChI=1S/C10H11FO4/c1-5(11)9(12)15-8-6-3-2-4-7(6)14-10(8)13/h6-8H,1-4H2. The molecule has 0 aromatic heterocycles. The van der Waals surface area contributed by atoms with E-state index < -0.39 is 23.9 Å². The highest BCUT2D eigenvalue weighted by atomic mass is 19.1. The molecule has 1 heterocycles. The van der Waals surface area contributed by atoms with Gasteiger partial charge in [-0.2, -0.15) is 4.39 Å². The molecule has 2 fully saturated rings. The van der Waals surface area contributed by atoms with Gasteiger partial charge in [0.1, 0.15) is 6.10 Å². The van der Waals surface area contributed by atoms with Crippen LogP contribution in [0.2, 0.25) is 0 Å². The first-order chi connectivity index (χ1) is 7.09. The zero-order valence-electron chi connectivity index (χ0n) is 8.07. The quantitative estimate of drug-likeness (QED) is 0.510. The summed E-state index contributed by atoms with van der Waals surface area (Å²) in [5.41, 5.74) is 0. The van der Waals surface area contributed by atoms with Crippen LogP contribution >= 0.6 is 0 Å². The van der Waals surface area contributed by atoms with Gasteiger partial charge in [-0.05, 0) is 19.3 Å². The van der Waals surface area contributed by atoms with Crippen molar-refractivity contribution in [2.24, 2.45) is 5.92 Å². The number of carbonyl (C=O) groups excluding carboxylic acids is 2. The van der Waals surface area contributed by atoms with Crippen molar-refractivity contribution in [1.82, 2.24) is 0 Å². The van der Waals surface area contributed by atoms with Gasteiger partial charge in [0, 0.05) is 5.92 Å². The van der Waals surface area contributed by atoms with Crippen LogP contribution in [0.4, 0.5) is 4.39 Å². The number of hydrogen-bond donors (Lipinski definition) is 0. The Morgan fingerprint density at radius 3 is 2.93 bits per heavy atom. The van der Waals surface area contributed by atoms with Crippen molar-refractivity contribution in [3.05, 3.63) is 12.4 Å². The maximum absolute atomic E-state index is 12.4. The second-order valence-electron chi connectivity index (χ2n) is 3.80. The van der Waals surface area contributed by atoms with Gasteiger partial charge < -0.3 is 9.47 Å². The number of ether oxygens (including phenoxy) is 2. The maximum atomic E-state index is 12.4. The molecule has 0 bridgehead atoms. The summed E-state index contributed by atoms with van der Waals surface area (Å²) in [7, 11) is 0. The van der Waals surface area contributed by atoms with Crippen molar-refractivity contribution in [3.8, 4) is 0 Å². The lowest BCUT2D eigenvalue weighted by Crippen LogP contribution is -2.29. The lowest BCUT2D eigenvalue weighted by atomic mass is 10.0.